The molecule has 2 aliphatic rings. The molecule has 6 nitrogen and oxygen atoms in total. The molecule has 2 amide bonds. The number of rotatable bonds is 5. The predicted molar refractivity (Wildman–Crippen MR) is 110 cm³/mol. The van der Waals surface area contributed by atoms with Gasteiger partial charge in [-0.2, -0.15) is 4.99 Å². The summed E-state index contributed by atoms with van der Waals surface area (Å²) >= 11 is 0. The summed E-state index contributed by atoms with van der Waals surface area (Å²) in [4.78, 5) is 23.0. The van der Waals surface area contributed by atoms with Crippen molar-refractivity contribution < 1.29 is 4.79 Å². The van der Waals surface area contributed by atoms with Crippen molar-refractivity contribution in [2.45, 2.75) is 58.3 Å². The number of amidine groups is 1. The maximum Gasteiger partial charge on any atom is 0.348 e. The highest BCUT2D eigenvalue weighted by Crippen LogP contribution is 2.27. The second kappa shape index (κ2) is 9.83. The third-order valence-corrected chi connectivity index (χ3v) is 5.86. The monoisotopic (exact) mass is 371 g/mol. The third-order valence-electron chi connectivity index (χ3n) is 5.86. The fourth-order valence-electron chi connectivity index (χ4n) is 4.30. The molecule has 3 N–H and O–H groups in total. The average Bonchev–Trinajstić information content (AvgIpc) is 2.67. The van der Waals surface area contributed by atoms with Gasteiger partial charge in [-0.15, -0.1) is 0 Å². The number of nitrogens with two attached hydrogens (primary N) is 1. The number of nitrogens with one attached hydrogen (secondary N) is 1. The van der Waals surface area contributed by atoms with Crippen LogP contribution >= 0.6 is 0 Å². The Labute approximate surface area is 162 Å². The zero-order chi connectivity index (χ0) is 19.1. The van der Waals surface area contributed by atoms with Crippen molar-refractivity contribution in [1.29, 1.82) is 0 Å². The lowest BCUT2D eigenvalue weighted by Gasteiger charge is -2.33. The number of carbonyl (C=O) groups excluding carboxylic acids is 1. The van der Waals surface area contributed by atoms with Crippen molar-refractivity contribution >= 4 is 17.7 Å². The molecule has 0 aromatic carbocycles. The number of anilines is 1. The van der Waals surface area contributed by atoms with Crippen LogP contribution in [0.4, 0.5) is 10.6 Å². The summed E-state index contributed by atoms with van der Waals surface area (Å²) in [5, 5.41) is 2.70. The topological polar surface area (TPSA) is 83.6 Å². The van der Waals surface area contributed by atoms with Crippen LogP contribution in [-0.2, 0) is 0 Å². The van der Waals surface area contributed by atoms with Crippen LogP contribution in [-0.4, -0.2) is 41.4 Å². The van der Waals surface area contributed by atoms with Gasteiger partial charge in [-0.1, -0.05) is 38.2 Å². The molecule has 1 unspecified atom stereocenters. The van der Waals surface area contributed by atoms with Crippen LogP contribution in [0, 0.1) is 18.8 Å². The van der Waals surface area contributed by atoms with Crippen LogP contribution in [0.15, 0.2) is 23.2 Å². The van der Waals surface area contributed by atoms with Gasteiger partial charge in [0.05, 0.1) is 0 Å². The van der Waals surface area contributed by atoms with Gasteiger partial charge in [0.2, 0.25) is 0 Å². The van der Waals surface area contributed by atoms with E-state index in [-0.39, 0.29) is 5.92 Å². The van der Waals surface area contributed by atoms with Gasteiger partial charge in [-0.05, 0) is 57.3 Å². The minimum Gasteiger partial charge on any atom is -0.387 e. The van der Waals surface area contributed by atoms with Gasteiger partial charge < -0.3 is 10.6 Å². The summed E-state index contributed by atoms with van der Waals surface area (Å²) in [6.45, 7) is 5.08. The summed E-state index contributed by atoms with van der Waals surface area (Å²) in [5.41, 5.74) is 7.03. The van der Waals surface area contributed by atoms with E-state index in [2.05, 4.69) is 20.2 Å². The maximum absolute atomic E-state index is 12.2. The minimum atomic E-state index is -0.440. The Hall–Kier alpha value is -1.95. The van der Waals surface area contributed by atoms with Gasteiger partial charge in [0, 0.05) is 18.2 Å². The van der Waals surface area contributed by atoms with Crippen molar-refractivity contribution in [3.63, 3.8) is 0 Å². The molecule has 148 valence electrons. The highest BCUT2D eigenvalue weighted by Gasteiger charge is 2.24. The zero-order valence-electron chi connectivity index (χ0n) is 16.5. The number of hydrogen-bond acceptors (Lipinski definition) is 3. The molecule has 0 spiro atoms. The van der Waals surface area contributed by atoms with E-state index in [1.807, 2.05) is 19.1 Å². The molecule has 1 atom stereocenters. The number of pyridine rings is 1. The standard InChI is InChI=1S/C21H33N5O/c1-16-7-5-11-19(23-16)24-21(27)25-20(22)18-10-6-13-26(15-18)14-12-17-8-3-2-4-9-17/h5,7,11,17-18H,2-4,6,8-10,12-15H2,1H3,(H3,22,23,24,25,27). The molecule has 27 heavy (non-hydrogen) atoms. The van der Waals surface area contributed by atoms with E-state index in [0.29, 0.717) is 11.7 Å². The molecule has 6 heteroatoms. The molecule has 0 bridgehead atoms. The van der Waals surface area contributed by atoms with E-state index >= 15 is 0 Å². The van der Waals surface area contributed by atoms with Crippen molar-refractivity contribution in [3.8, 4) is 0 Å². The van der Waals surface area contributed by atoms with Gasteiger partial charge in [-0.3, -0.25) is 5.32 Å². The van der Waals surface area contributed by atoms with E-state index in [9.17, 15) is 4.79 Å². The van der Waals surface area contributed by atoms with Crippen LogP contribution in [0.3, 0.4) is 0 Å². The maximum atomic E-state index is 12.2. The molecular weight excluding hydrogens is 338 g/mol. The number of aryl methyl sites for hydroxylation is 1. The number of aliphatic imine (C=N–C) groups is 1. The first kappa shape index (κ1) is 19.8. The van der Waals surface area contributed by atoms with Crippen LogP contribution in [0.5, 0.6) is 0 Å². The van der Waals surface area contributed by atoms with Crippen molar-refractivity contribution in [2.75, 3.05) is 25.0 Å². The van der Waals surface area contributed by atoms with Crippen LogP contribution < -0.4 is 11.1 Å². The minimum absolute atomic E-state index is 0.168. The van der Waals surface area contributed by atoms with Crippen LogP contribution in [0.25, 0.3) is 0 Å². The molecule has 2 fully saturated rings. The Kier molecular flexibility index (Phi) is 7.21. The van der Waals surface area contributed by atoms with E-state index in [4.69, 9.17) is 5.73 Å². The lowest BCUT2D eigenvalue weighted by atomic mass is 9.86. The molecular formula is C21H33N5O. The number of nitrogens with zero attached hydrogens (tertiary/aromatic N) is 3. The molecule has 1 aliphatic heterocycles. The fourth-order valence-corrected chi connectivity index (χ4v) is 4.30. The summed E-state index contributed by atoms with van der Waals surface area (Å²) in [6, 6.07) is 5.06. The van der Waals surface area contributed by atoms with Crippen molar-refractivity contribution in [2.24, 2.45) is 22.6 Å². The number of urea groups is 1. The smallest absolute Gasteiger partial charge is 0.348 e. The summed E-state index contributed by atoms with van der Waals surface area (Å²) in [6.07, 6.45) is 10.4. The number of hydrogen-bond donors (Lipinski definition) is 2. The Morgan fingerprint density at radius 2 is 2.07 bits per heavy atom. The Bertz CT molecular complexity index is 654. The van der Waals surface area contributed by atoms with Gasteiger partial charge in [0.1, 0.15) is 11.7 Å². The van der Waals surface area contributed by atoms with E-state index < -0.39 is 6.03 Å². The first-order chi connectivity index (χ1) is 13.1. The molecule has 1 aromatic rings. The lowest BCUT2D eigenvalue weighted by molar-refractivity contribution is 0.182. The van der Waals surface area contributed by atoms with Gasteiger partial charge >= 0.3 is 6.03 Å². The second-order valence-electron chi connectivity index (χ2n) is 8.06. The van der Waals surface area contributed by atoms with Crippen molar-refractivity contribution in [1.82, 2.24) is 9.88 Å². The summed E-state index contributed by atoms with van der Waals surface area (Å²) in [5.74, 6) is 2.02. The highest BCUT2D eigenvalue weighted by atomic mass is 16.2. The third kappa shape index (κ3) is 6.31. The summed E-state index contributed by atoms with van der Waals surface area (Å²) < 4.78 is 0. The second-order valence-corrected chi connectivity index (χ2v) is 8.06. The number of likely N-dealkylation sites (tertiary alicyclic amines) is 1. The first-order valence-electron chi connectivity index (χ1n) is 10.4. The predicted octanol–water partition coefficient (Wildman–Crippen LogP) is 3.96. The quantitative estimate of drug-likeness (QED) is 0.606. The Morgan fingerprint density at radius 3 is 2.85 bits per heavy atom. The fraction of sp³-hybridized carbons (Fsp3) is 0.667. The van der Waals surface area contributed by atoms with Gasteiger partial charge in [0.15, 0.2) is 0 Å². The highest BCUT2D eigenvalue weighted by molar-refractivity contribution is 5.99. The largest absolute Gasteiger partial charge is 0.387 e. The first-order valence-corrected chi connectivity index (χ1v) is 10.4. The Morgan fingerprint density at radius 1 is 1.26 bits per heavy atom. The van der Waals surface area contributed by atoms with Crippen LogP contribution in [0.1, 0.15) is 57.1 Å². The molecule has 1 saturated carbocycles. The average molecular weight is 372 g/mol. The summed E-state index contributed by atoms with van der Waals surface area (Å²) in [7, 11) is 0. The van der Waals surface area contributed by atoms with Gasteiger partial charge in [-0.25, -0.2) is 9.78 Å². The van der Waals surface area contributed by atoms with Crippen molar-refractivity contribution in [3.05, 3.63) is 23.9 Å². The van der Waals surface area contributed by atoms with E-state index in [0.717, 1.165) is 44.1 Å². The lowest BCUT2D eigenvalue weighted by Crippen LogP contribution is -2.42. The SMILES string of the molecule is Cc1cccc(NC(=O)/N=C(\N)C2CCCN(CCC3CCCCC3)C2)n1. The number of carbonyl (C=O) groups is 1. The number of amides is 2. The van der Waals surface area contributed by atoms with E-state index in [1.165, 1.54) is 38.5 Å². The van der Waals surface area contributed by atoms with Crippen LogP contribution in [0.2, 0.25) is 0 Å². The normalized spacial score (nSPS) is 22.6. The molecule has 1 aromatic heterocycles. The van der Waals surface area contributed by atoms with E-state index in [1.54, 1.807) is 6.07 Å². The number of piperidine rings is 1. The molecule has 1 saturated heterocycles. The Balaban J connectivity index is 1.48. The molecule has 0 radical (unpaired) electrons. The molecule has 3 rings (SSSR count). The molecule has 2 heterocycles. The van der Waals surface area contributed by atoms with Gasteiger partial charge in [0.25, 0.3) is 0 Å². The zero-order valence-corrected chi connectivity index (χ0v) is 16.5. The molecule has 1 aliphatic carbocycles. The number of aromatic nitrogens is 1.